The molecule has 6 heteroatoms. The zero-order valence-corrected chi connectivity index (χ0v) is 19.8. The molecule has 6 nitrogen and oxygen atoms in total. The minimum atomic E-state index is -0.914. The Bertz CT molecular complexity index is 1070. The number of aryl methyl sites for hydroxylation is 1. The molecular formula is C28H34N2O4. The predicted molar refractivity (Wildman–Crippen MR) is 133 cm³/mol. The average Bonchev–Trinajstić information content (AvgIpc) is 3.19. The zero-order valence-electron chi connectivity index (χ0n) is 19.8. The van der Waals surface area contributed by atoms with E-state index in [1.165, 1.54) is 5.56 Å². The Kier molecular flexibility index (Phi) is 8.14. The molecule has 34 heavy (non-hydrogen) atoms. The highest BCUT2D eigenvalue weighted by Crippen LogP contribution is 2.37. The van der Waals surface area contributed by atoms with Crippen molar-refractivity contribution in [1.82, 2.24) is 9.78 Å². The quantitative estimate of drug-likeness (QED) is 0.444. The minimum absolute atomic E-state index is 0.0759. The molecule has 0 amide bonds. The van der Waals surface area contributed by atoms with Gasteiger partial charge in [-0.05, 0) is 50.0 Å². The van der Waals surface area contributed by atoms with Crippen LogP contribution in [-0.4, -0.2) is 45.8 Å². The number of ether oxygens (including phenoxy) is 1. The van der Waals surface area contributed by atoms with Gasteiger partial charge in [0.25, 0.3) is 0 Å². The second kappa shape index (κ2) is 11.4. The van der Waals surface area contributed by atoms with Gasteiger partial charge in [0.15, 0.2) is 0 Å². The molecule has 0 saturated heterocycles. The summed E-state index contributed by atoms with van der Waals surface area (Å²) < 4.78 is 7.44. The highest BCUT2D eigenvalue weighted by atomic mass is 16.5. The lowest BCUT2D eigenvalue weighted by Crippen LogP contribution is -2.24. The standard InChI is InChI=1S/C28H34N2O4/c1-20-7-13-24(14-8-20)28-27(23-5-3-2-4-6-23)25(15-16-31)30(29-28)17-21-9-11-22(12-10-21)18-34-19-26(32)33/h2-8,13-14,21-22,31H,9-12,15-19H2,1H3,(H,32,33). The maximum atomic E-state index is 10.7. The summed E-state index contributed by atoms with van der Waals surface area (Å²) in [7, 11) is 0. The van der Waals surface area contributed by atoms with Crippen molar-refractivity contribution in [2.75, 3.05) is 19.8 Å². The summed E-state index contributed by atoms with van der Waals surface area (Å²) in [6, 6.07) is 18.8. The summed E-state index contributed by atoms with van der Waals surface area (Å²) in [5.41, 5.74) is 6.56. The number of carboxylic acid groups (broad SMARTS) is 1. The summed E-state index contributed by atoms with van der Waals surface area (Å²) in [6.45, 7) is 3.28. The molecule has 0 atom stereocenters. The van der Waals surface area contributed by atoms with Gasteiger partial charge < -0.3 is 14.9 Å². The third-order valence-electron chi connectivity index (χ3n) is 6.77. The number of benzene rings is 2. The smallest absolute Gasteiger partial charge is 0.329 e. The van der Waals surface area contributed by atoms with Gasteiger partial charge in [0.2, 0.25) is 0 Å². The molecule has 1 heterocycles. The molecule has 1 aliphatic rings. The first-order chi connectivity index (χ1) is 16.5. The van der Waals surface area contributed by atoms with Crippen molar-refractivity contribution in [2.24, 2.45) is 11.8 Å². The first-order valence-corrected chi connectivity index (χ1v) is 12.2. The SMILES string of the molecule is Cc1ccc(-c2nn(CC3CCC(COCC(=O)O)CC3)c(CCO)c2-c2ccccc2)cc1. The molecule has 0 aliphatic heterocycles. The topological polar surface area (TPSA) is 84.6 Å². The number of aliphatic carboxylic acids is 1. The Morgan fingerprint density at radius 2 is 1.68 bits per heavy atom. The normalized spacial score (nSPS) is 18.2. The number of carbonyl (C=O) groups is 1. The summed E-state index contributed by atoms with van der Waals surface area (Å²) in [5, 5.41) is 23.8. The van der Waals surface area contributed by atoms with Crippen LogP contribution in [0.1, 0.15) is 36.9 Å². The molecule has 1 aromatic heterocycles. The van der Waals surface area contributed by atoms with Crippen LogP contribution in [0, 0.1) is 18.8 Å². The number of hydrogen-bond donors (Lipinski definition) is 2. The fraction of sp³-hybridized carbons (Fsp3) is 0.429. The molecule has 2 N–H and O–H groups in total. The van der Waals surface area contributed by atoms with Crippen molar-refractivity contribution in [3.05, 3.63) is 65.9 Å². The van der Waals surface area contributed by atoms with Crippen LogP contribution in [0.25, 0.3) is 22.4 Å². The van der Waals surface area contributed by atoms with Gasteiger partial charge in [-0.2, -0.15) is 5.10 Å². The van der Waals surface area contributed by atoms with Gasteiger partial charge in [-0.1, -0.05) is 60.2 Å². The molecule has 0 radical (unpaired) electrons. The molecule has 4 rings (SSSR count). The number of aliphatic hydroxyl groups excluding tert-OH is 1. The van der Waals surface area contributed by atoms with E-state index in [9.17, 15) is 9.90 Å². The van der Waals surface area contributed by atoms with E-state index >= 15 is 0 Å². The Hall–Kier alpha value is -2.96. The van der Waals surface area contributed by atoms with Gasteiger partial charge in [0.05, 0.1) is 6.61 Å². The van der Waals surface area contributed by atoms with Crippen molar-refractivity contribution in [2.45, 2.75) is 45.6 Å². The van der Waals surface area contributed by atoms with Crippen LogP contribution in [0.3, 0.4) is 0 Å². The van der Waals surface area contributed by atoms with E-state index in [4.69, 9.17) is 14.9 Å². The van der Waals surface area contributed by atoms with Crippen LogP contribution in [0.2, 0.25) is 0 Å². The molecule has 0 spiro atoms. The van der Waals surface area contributed by atoms with E-state index in [2.05, 4.69) is 48.0 Å². The van der Waals surface area contributed by atoms with E-state index < -0.39 is 5.97 Å². The van der Waals surface area contributed by atoms with Crippen molar-refractivity contribution in [1.29, 1.82) is 0 Å². The number of rotatable bonds is 10. The van der Waals surface area contributed by atoms with Crippen LogP contribution in [-0.2, 0) is 22.5 Å². The summed E-state index contributed by atoms with van der Waals surface area (Å²) in [4.78, 5) is 10.7. The molecule has 1 fully saturated rings. The van der Waals surface area contributed by atoms with Gasteiger partial charge in [-0.25, -0.2) is 4.79 Å². The van der Waals surface area contributed by atoms with E-state index in [0.29, 0.717) is 24.9 Å². The number of nitrogens with zero attached hydrogens (tertiary/aromatic N) is 2. The lowest BCUT2D eigenvalue weighted by Gasteiger charge is -2.28. The molecule has 180 valence electrons. The predicted octanol–water partition coefficient (Wildman–Crippen LogP) is 4.97. The number of hydrogen-bond acceptors (Lipinski definition) is 4. The zero-order chi connectivity index (χ0) is 23.9. The highest BCUT2D eigenvalue weighted by molar-refractivity contribution is 5.83. The first-order valence-electron chi connectivity index (χ1n) is 12.2. The third kappa shape index (κ3) is 5.93. The first kappa shape index (κ1) is 24.2. The fourth-order valence-electron chi connectivity index (χ4n) is 4.97. The van der Waals surface area contributed by atoms with Gasteiger partial charge in [0, 0.05) is 36.4 Å². The largest absolute Gasteiger partial charge is 0.480 e. The van der Waals surface area contributed by atoms with Gasteiger partial charge in [-0.15, -0.1) is 0 Å². The second-order valence-corrected chi connectivity index (χ2v) is 9.35. The summed E-state index contributed by atoms with van der Waals surface area (Å²) >= 11 is 0. The van der Waals surface area contributed by atoms with Gasteiger partial charge >= 0.3 is 5.97 Å². The van der Waals surface area contributed by atoms with Crippen LogP contribution in [0.4, 0.5) is 0 Å². The lowest BCUT2D eigenvalue weighted by molar-refractivity contribution is -0.142. The number of carboxylic acids is 1. The van der Waals surface area contributed by atoms with Crippen LogP contribution in [0.5, 0.6) is 0 Å². The Morgan fingerprint density at radius 3 is 2.32 bits per heavy atom. The molecular weight excluding hydrogens is 428 g/mol. The minimum Gasteiger partial charge on any atom is -0.480 e. The summed E-state index contributed by atoms with van der Waals surface area (Å²) in [5.74, 6) is 0.0121. The van der Waals surface area contributed by atoms with Crippen molar-refractivity contribution >= 4 is 5.97 Å². The van der Waals surface area contributed by atoms with E-state index in [0.717, 1.165) is 60.3 Å². The molecule has 0 bridgehead atoms. The molecule has 0 unspecified atom stereocenters. The maximum Gasteiger partial charge on any atom is 0.329 e. The lowest BCUT2D eigenvalue weighted by atomic mass is 9.82. The maximum absolute atomic E-state index is 10.7. The van der Waals surface area contributed by atoms with E-state index in [1.807, 2.05) is 18.2 Å². The number of aromatic nitrogens is 2. The van der Waals surface area contributed by atoms with Crippen LogP contribution in [0.15, 0.2) is 54.6 Å². The van der Waals surface area contributed by atoms with Gasteiger partial charge in [-0.3, -0.25) is 4.68 Å². The Morgan fingerprint density at radius 1 is 1.00 bits per heavy atom. The summed E-state index contributed by atoms with van der Waals surface area (Å²) in [6.07, 6.45) is 4.77. The van der Waals surface area contributed by atoms with Crippen molar-refractivity contribution in [3.63, 3.8) is 0 Å². The van der Waals surface area contributed by atoms with E-state index in [1.54, 1.807) is 0 Å². The second-order valence-electron chi connectivity index (χ2n) is 9.35. The van der Waals surface area contributed by atoms with Crippen molar-refractivity contribution < 1.29 is 19.7 Å². The Labute approximate surface area is 201 Å². The molecule has 3 aromatic rings. The fourth-order valence-corrected chi connectivity index (χ4v) is 4.97. The highest BCUT2D eigenvalue weighted by Gasteiger charge is 2.25. The van der Waals surface area contributed by atoms with E-state index in [-0.39, 0.29) is 13.2 Å². The molecule has 2 aromatic carbocycles. The number of aliphatic hydroxyl groups is 1. The van der Waals surface area contributed by atoms with Crippen LogP contribution < -0.4 is 0 Å². The van der Waals surface area contributed by atoms with Crippen molar-refractivity contribution in [3.8, 4) is 22.4 Å². The average molecular weight is 463 g/mol. The molecule has 1 saturated carbocycles. The monoisotopic (exact) mass is 462 g/mol. The van der Waals surface area contributed by atoms with Gasteiger partial charge in [0.1, 0.15) is 12.3 Å². The third-order valence-corrected chi connectivity index (χ3v) is 6.77. The van der Waals surface area contributed by atoms with Crippen LogP contribution >= 0.6 is 0 Å². The molecule has 1 aliphatic carbocycles. The Balaban J connectivity index is 1.58.